The van der Waals surface area contributed by atoms with E-state index in [-0.39, 0.29) is 6.04 Å². The molecule has 0 bridgehead atoms. The third-order valence-corrected chi connectivity index (χ3v) is 5.56. The van der Waals surface area contributed by atoms with Crippen LogP contribution in [0.1, 0.15) is 53.4 Å². The van der Waals surface area contributed by atoms with Crippen LogP contribution in [0.3, 0.4) is 0 Å². The molecule has 122 valence electrons. The van der Waals surface area contributed by atoms with Gasteiger partial charge in [0, 0.05) is 32.2 Å². The maximum absolute atomic E-state index is 11.8. The highest BCUT2D eigenvalue weighted by atomic mass is 16.4. The van der Waals surface area contributed by atoms with E-state index < -0.39 is 5.97 Å². The minimum atomic E-state index is -0.613. The highest BCUT2D eigenvalue weighted by Crippen LogP contribution is 2.40. The van der Waals surface area contributed by atoms with Crippen LogP contribution in [-0.4, -0.2) is 59.1 Å². The van der Waals surface area contributed by atoms with Gasteiger partial charge in [-0.1, -0.05) is 13.8 Å². The van der Waals surface area contributed by atoms with Crippen molar-refractivity contribution >= 4 is 5.97 Å². The Balaban J connectivity index is 1.96. The van der Waals surface area contributed by atoms with Gasteiger partial charge in [-0.3, -0.25) is 14.6 Å². The van der Waals surface area contributed by atoms with Gasteiger partial charge in [0.2, 0.25) is 0 Å². The number of hydrogen-bond acceptors (Lipinski definition) is 3. The fourth-order valence-corrected chi connectivity index (χ4v) is 3.93. The first-order chi connectivity index (χ1) is 9.80. The molecule has 0 spiro atoms. The lowest BCUT2D eigenvalue weighted by atomic mass is 9.71. The van der Waals surface area contributed by atoms with Gasteiger partial charge in [0.1, 0.15) is 6.04 Å². The van der Waals surface area contributed by atoms with Crippen LogP contribution in [0.5, 0.6) is 0 Å². The Kier molecular flexibility index (Phi) is 5.31. The minimum Gasteiger partial charge on any atom is -0.480 e. The normalized spacial score (nSPS) is 26.9. The van der Waals surface area contributed by atoms with E-state index >= 15 is 0 Å². The summed E-state index contributed by atoms with van der Waals surface area (Å²) >= 11 is 0. The summed E-state index contributed by atoms with van der Waals surface area (Å²) in [5, 5.41) is 9.73. The van der Waals surface area contributed by atoms with Gasteiger partial charge in [-0.2, -0.15) is 0 Å². The first-order valence-corrected chi connectivity index (χ1v) is 8.51. The van der Waals surface area contributed by atoms with Crippen molar-refractivity contribution in [3.05, 3.63) is 0 Å². The maximum atomic E-state index is 11.8. The molecule has 1 unspecified atom stereocenters. The molecule has 1 aliphatic carbocycles. The van der Waals surface area contributed by atoms with Gasteiger partial charge in [0.25, 0.3) is 0 Å². The van der Waals surface area contributed by atoms with Crippen LogP contribution in [-0.2, 0) is 4.79 Å². The van der Waals surface area contributed by atoms with Gasteiger partial charge in [-0.25, -0.2) is 0 Å². The molecular weight excluding hydrogens is 264 g/mol. The van der Waals surface area contributed by atoms with Crippen LogP contribution in [0.25, 0.3) is 0 Å². The van der Waals surface area contributed by atoms with E-state index in [1.54, 1.807) is 0 Å². The molecule has 4 heteroatoms. The second kappa shape index (κ2) is 6.66. The number of nitrogens with zero attached hydrogens (tertiary/aromatic N) is 2. The Hall–Kier alpha value is -0.610. The molecule has 4 nitrogen and oxygen atoms in total. The van der Waals surface area contributed by atoms with Gasteiger partial charge in [-0.05, 0) is 50.9 Å². The van der Waals surface area contributed by atoms with Crippen molar-refractivity contribution in [1.29, 1.82) is 0 Å². The molecule has 0 aromatic rings. The zero-order valence-corrected chi connectivity index (χ0v) is 14.1. The monoisotopic (exact) mass is 296 g/mol. The van der Waals surface area contributed by atoms with Crippen LogP contribution in [0, 0.1) is 11.3 Å². The second-order valence-corrected chi connectivity index (χ2v) is 7.95. The molecule has 2 aliphatic rings. The fourth-order valence-electron chi connectivity index (χ4n) is 3.93. The highest BCUT2D eigenvalue weighted by molar-refractivity contribution is 5.74. The molecule has 21 heavy (non-hydrogen) atoms. The smallest absolute Gasteiger partial charge is 0.321 e. The average Bonchev–Trinajstić information content (AvgIpc) is 2.41. The second-order valence-electron chi connectivity index (χ2n) is 7.95. The van der Waals surface area contributed by atoms with Gasteiger partial charge >= 0.3 is 5.97 Å². The molecule has 1 saturated carbocycles. The van der Waals surface area contributed by atoms with Crippen molar-refractivity contribution in [2.45, 2.75) is 65.5 Å². The molecule has 1 heterocycles. The fraction of sp³-hybridized carbons (Fsp3) is 0.941. The van der Waals surface area contributed by atoms with Crippen molar-refractivity contribution < 1.29 is 9.90 Å². The molecule has 1 atom stereocenters. The Morgan fingerprint density at radius 2 is 1.52 bits per heavy atom. The van der Waals surface area contributed by atoms with E-state index in [0.717, 1.165) is 51.9 Å². The third kappa shape index (κ3) is 4.19. The first-order valence-electron chi connectivity index (χ1n) is 8.51. The van der Waals surface area contributed by atoms with Crippen LogP contribution < -0.4 is 0 Å². The topological polar surface area (TPSA) is 43.8 Å². The van der Waals surface area contributed by atoms with Crippen molar-refractivity contribution in [2.24, 2.45) is 11.3 Å². The number of carbonyl (C=O) groups is 1. The number of aliphatic carboxylic acids is 1. The Bertz CT molecular complexity index is 350. The summed E-state index contributed by atoms with van der Waals surface area (Å²) in [6, 6.07) is 0.293. The lowest BCUT2D eigenvalue weighted by Crippen LogP contribution is -2.56. The van der Waals surface area contributed by atoms with Gasteiger partial charge in [-0.15, -0.1) is 0 Å². The Morgan fingerprint density at radius 1 is 1.05 bits per heavy atom. The molecule has 0 aromatic heterocycles. The van der Waals surface area contributed by atoms with E-state index in [0.29, 0.717) is 17.4 Å². The predicted molar refractivity (Wildman–Crippen MR) is 85.4 cm³/mol. The van der Waals surface area contributed by atoms with Crippen molar-refractivity contribution in [3.8, 4) is 0 Å². The molecular formula is C17H32N2O2. The number of carboxylic acids is 1. The molecule has 0 aromatic carbocycles. The van der Waals surface area contributed by atoms with Gasteiger partial charge in [0.15, 0.2) is 0 Å². The minimum absolute atomic E-state index is 0.268. The number of carboxylic acid groups (broad SMARTS) is 1. The van der Waals surface area contributed by atoms with E-state index in [9.17, 15) is 9.90 Å². The summed E-state index contributed by atoms with van der Waals surface area (Å²) in [5.74, 6) is -0.279. The first kappa shape index (κ1) is 16.8. The Labute approximate surface area is 129 Å². The van der Waals surface area contributed by atoms with Gasteiger partial charge in [0.05, 0.1) is 0 Å². The standard InChI is InChI=1S/C17H32N2O2/c1-13(2)18-9-11-19(12-10-18)15(16(20)21)14-5-7-17(3,4)8-6-14/h13-15H,5-12H2,1-4H3,(H,20,21). The largest absolute Gasteiger partial charge is 0.480 e. The molecule has 2 fully saturated rings. The molecule has 1 aliphatic heterocycles. The third-order valence-electron chi connectivity index (χ3n) is 5.56. The molecule has 1 saturated heterocycles. The van der Waals surface area contributed by atoms with E-state index in [2.05, 4.69) is 37.5 Å². The van der Waals surface area contributed by atoms with E-state index in [1.807, 2.05) is 0 Å². The number of hydrogen-bond donors (Lipinski definition) is 1. The highest BCUT2D eigenvalue weighted by Gasteiger charge is 2.39. The summed E-state index contributed by atoms with van der Waals surface area (Å²) in [5.41, 5.74) is 0.399. The SMILES string of the molecule is CC(C)N1CCN(C(C(=O)O)C2CCC(C)(C)CC2)CC1. The molecule has 1 N–H and O–H groups in total. The maximum Gasteiger partial charge on any atom is 0.321 e. The number of rotatable bonds is 4. The van der Waals surface area contributed by atoms with Crippen molar-refractivity contribution in [1.82, 2.24) is 9.80 Å². The van der Waals surface area contributed by atoms with Crippen molar-refractivity contribution in [2.75, 3.05) is 26.2 Å². The summed E-state index contributed by atoms with van der Waals surface area (Å²) in [4.78, 5) is 16.5. The zero-order valence-electron chi connectivity index (χ0n) is 14.1. The van der Waals surface area contributed by atoms with E-state index in [4.69, 9.17) is 0 Å². The zero-order chi connectivity index (χ0) is 15.6. The van der Waals surface area contributed by atoms with Crippen LogP contribution in [0.2, 0.25) is 0 Å². The molecule has 0 radical (unpaired) electrons. The van der Waals surface area contributed by atoms with Crippen LogP contribution >= 0.6 is 0 Å². The summed E-state index contributed by atoms with van der Waals surface area (Å²) in [6.07, 6.45) is 4.45. The summed E-state index contributed by atoms with van der Waals surface area (Å²) in [7, 11) is 0. The van der Waals surface area contributed by atoms with Crippen LogP contribution in [0.15, 0.2) is 0 Å². The molecule has 0 amide bonds. The lowest BCUT2D eigenvalue weighted by Gasteiger charge is -2.44. The number of piperazine rings is 1. The molecule has 2 rings (SSSR count). The van der Waals surface area contributed by atoms with Crippen molar-refractivity contribution in [3.63, 3.8) is 0 Å². The average molecular weight is 296 g/mol. The quantitative estimate of drug-likeness (QED) is 0.866. The predicted octanol–water partition coefficient (Wildman–Crippen LogP) is 2.68. The lowest BCUT2D eigenvalue weighted by molar-refractivity contribution is -0.147. The van der Waals surface area contributed by atoms with Gasteiger partial charge < -0.3 is 5.11 Å². The van der Waals surface area contributed by atoms with E-state index in [1.165, 1.54) is 0 Å². The Morgan fingerprint density at radius 3 is 1.95 bits per heavy atom. The summed E-state index contributed by atoms with van der Waals surface area (Å²) < 4.78 is 0. The van der Waals surface area contributed by atoms with Crippen LogP contribution in [0.4, 0.5) is 0 Å². The summed E-state index contributed by atoms with van der Waals surface area (Å²) in [6.45, 7) is 12.8.